The number of nitrogens with zero attached hydrogens (tertiary/aromatic N) is 3. The van der Waals surface area contributed by atoms with Gasteiger partial charge >= 0.3 is 0 Å². The second-order valence-corrected chi connectivity index (χ2v) is 6.27. The lowest BCUT2D eigenvalue weighted by molar-refractivity contribution is 0.437. The Bertz CT molecular complexity index is 343. The first-order valence-corrected chi connectivity index (χ1v) is 6.18. The monoisotopic (exact) mass is 223 g/mol. The van der Waals surface area contributed by atoms with Crippen LogP contribution < -0.4 is 0 Å². The molecule has 0 saturated heterocycles. The normalized spacial score (nSPS) is 12.8. The Balaban J connectivity index is 3.20. The van der Waals surface area contributed by atoms with E-state index in [1.165, 1.54) is 5.69 Å². The average Bonchev–Trinajstić information content (AvgIpc) is 2.45. The minimum Gasteiger partial charge on any atom is -0.246 e. The predicted octanol–water partition coefficient (Wildman–Crippen LogP) is 3.36. The van der Waals surface area contributed by atoms with Crippen molar-refractivity contribution in [2.45, 2.75) is 66.3 Å². The van der Waals surface area contributed by atoms with E-state index in [0.717, 1.165) is 12.1 Å². The van der Waals surface area contributed by atoms with Gasteiger partial charge in [-0.3, -0.25) is 0 Å². The third kappa shape index (κ3) is 2.83. The molecule has 1 aromatic heterocycles. The second kappa shape index (κ2) is 4.56. The summed E-state index contributed by atoms with van der Waals surface area (Å²) in [7, 11) is 0. The topological polar surface area (TPSA) is 30.7 Å². The van der Waals surface area contributed by atoms with E-state index in [0.29, 0.717) is 12.0 Å². The van der Waals surface area contributed by atoms with Crippen LogP contribution in [0.3, 0.4) is 0 Å². The summed E-state index contributed by atoms with van der Waals surface area (Å²) in [5.74, 6) is 0.624. The van der Waals surface area contributed by atoms with E-state index < -0.39 is 0 Å². The lowest BCUT2D eigenvalue weighted by Gasteiger charge is -2.23. The standard InChI is InChI=1S/C13H25N3/c1-9(2)8-11-12(13(5,6)7)16(10(3)4)15-14-11/h9-10H,8H2,1-7H3. The molecular formula is C13H25N3. The summed E-state index contributed by atoms with van der Waals surface area (Å²) in [6.07, 6.45) is 1.01. The van der Waals surface area contributed by atoms with Crippen LogP contribution in [0, 0.1) is 5.92 Å². The molecule has 0 radical (unpaired) electrons. The molecule has 0 aliphatic carbocycles. The van der Waals surface area contributed by atoms with E-state index in [2.05, 4.69) is 63.5 Å². The minimum absolute atomic E-state index is 0.109. The maximum atomic E-state index is 4.36. The van der Waals surface area contributed by atoms with E-state index >= 15 is 0 Å². The van der Waals surface area contributed by atoms with E-state index in [4.69, 9.17) is 0 Å². The van der Waals surface area contributed by atoms with E-state index in [9.17, 15) is 0 Å². The molecule has 3 heteroatoms. The molecule has 1 aromatic rings. The lowest BCUT2D eigenvalue weighted by Crippen LogP contribution is -2.22. The van der Waals surface area contributed by atoms with Gasteiger partial charge in [-0.05, 0) is 26.2 Å². The lowest BCUT2D eigenvalue weighted by atomic mass is 9.88. The van der Waals surface area contributed by atoms with Gasteiger partial charge in [-0.2, -0.15) is 0 Å². The molecular weight excluding hydrogens is 198 g/mol. The smallest absolute Gasteiger partial charge is 0.0867 e. The first-order chi connectivity index (χ1) is 7.23. The largest absolute Gasteiger partial charge is 0.246 e. The van der Waals surface area contributed by atoms with Gasteiger partial charge in [0.2, 0.25) is 0 Å². The molecule has 1 heterocycles. The Hall–Kier alpha value is -0.860. The Morgan fingerprint density at radius 3 is 2.06 bits per heavy atom. The minimum atomic E-state index is 0.109. The molecule has 3 nitrogen and oxygen atoms in total. The van der Waals surface area contributed by atoms with E-state index in [-0.39, 0.29) is 5.41 Å². The highest BCUT2D eigenvalue weighted by molar-refractivity contribution is 5.20. The number of hydrogen-bond acceptors (Lipinski definition) is 2. The maximum absolute atomic E-state index is 4.36. The Labute approximate surface area is 99.2 Å². The van der Waals surface area contributed by atoms with E-state index in [1.807, 2.05) is 0 Å². The molecule has 0 fully saturated rings. The fourth-order valence-electron chi connectivity index (χ4n) is 1.99. The molecule has 0 aliphatic heterocycles. The average molecular weight is 223 g/mol. The molecule has 0 aromatic carbocycles. The summed E-state index contributed by atoms with van der Waals surface area (Å²) < 4.78 is 2.07. The summed E-state index contributed by atoms with van der Waals surface area (Å²) in [5.41, 5.74) is 2.56. The van der Waals surface area contributed by atoms with Gasteiger partial charge < -0.3 is 0 Å². The zero-order valence-corrected chi connectivity index (χ0v) is 11.7. The third-order valence-electron chi connectivity index (χ3n) is 2.57. The van der Waals surface area contributed by atoms with Crippen LogP contribution >= 0.6 is 0 Å². The predicted molar refractivity (Wildman–Crippen MR) is 67.6 cm³/mol. The molecule has 0 N–H and O–H groups in total. The van der Waals surface area contributed by atoms with Gasteiger partial charge in [-0.1, -0.05) is 39.8 Å². The van der Waals surface area contributed by atoms with Crippen molar-refractivity contribution >= 4 is 0 Å². The van der Waals surface area contributed by atoms with Gasteiger partial charge in [-0.15, -0.1) is 5.10 Å². The molecule has 0 amide bonds. The van der Waals surface area contributed by atoms with Crippen LogP contribution in [0.4, 0.5) is 0 Å². The fourth-order valence-corrected chi connectivity index (χ4v) is 1.99. The molecule has 0 unspecified atom stereocenters. The van der Waals surface area contributed by atoms with Gasteiger partial charge in [0.15, 0.2) is 0 Å². The summed E-state index contributed by atoms with van der Waals surface area (Å²) >= 11 is 0. The molecule has 0 spiro atoms. The van der Waals surface area contributed by atoms with Gasteiger partial charge in [0.25, 0.3) is 0 Å². The SMILES string of the molecule is CC(C)Cc1nnn(C(C)C)c1C(C)(C)C. The molecule has 0 saturated carbocycles. The summed E-state index contributed by atoms with van der Waals surface area (Å²) in [6, 6.07) is 0.377. The Morgan fingerprint density at radius 2 is 1.69 bits per heavy atom. The molecule has 0 atom stereocenters. The van der Waals surface area contributed by atoms with Crippen molar-refractivity contribution < 1.29 is 0 Å². The molecule has 92 valence electrons. The molecule has 16 heavy (non-hydrogen) atoms. The van der Waals surface area contributed by atoms with E-state index in [1.54, 1.807) is 0 Å². The fraction of sp³-hybridized carbons (Fsp3) is 0.846. The van der Waals surface area contributed by atoms with Crippen LogP contribution in [-0.2, 0) is 11.8 Å². The number of aromatic nitrogens is 3. The van der Waals surface area contributed by atoms with Crippen molar-refractivity contribution in [1.82, 2.24) is 15.0 Å². The van der Waals surface area contributed by atoms with Crippen molar-refractivity contribution in [3.63, 3.8) is 0 Å². The molecule has 0 aliphatic rings. The van der Waals surface area contributed by atoms with Crippen LogP contribution in [0.1, 0.15) is 65.9 Å². The summed E-state index contributed by atoms with van der Waals surface area (Å²) in [6.45, 7) is 15.4. The molecule has 1 rings (SSSR count). The van der Waals surface area contributed by atoms with Crippen molar-refractivity contribution in [2.75, 3.05) is 0 Å². The Kier molecular flexibility index (Phi) is 3.76. The third-order valence-corrected chi connectivity index (χ3v) is 2.57. The van der Waals surface area contributed by atoms with Crippen molar-refractivity contribution in [3.05, 3.63) is 11.4 Å². The summed E-state index contributed by atoms with van der Waals surface area (Å²) in [5, 5.41) is 8.66. The second-order valence-electron chi connectivity index (χ2n) is 6.27. The first kappa shape index (κ1) is 13.2. The van der Waals surface area contributed by atoms with Crippen molar-refractivity contribution in [3.8, 4) is 0 Å². The van der Waals surface area contributed by atoms with Crippen LogP contribution in [0.5, 0.6) is 0 Å². The van der Waals surface area contributed by atoms with Crippen molar-refractivity contribution in [2.24, 2.45) is 5.92 Å². The van der Waals surface area contributed by atoms with Gasteiger partial charge in [-0.25, -0.2) is 4.68 Å². The zero-order chi connectivity index (χ0) is 12.5. The summed E-state index contributed by atoms with van der Waals surface area (Å²) in [4.78, 5) is 0. The highest BCUT2D eigenvalue weighted by Crippen LogP contribution is 2.28. The maximum Gasteiger partial charge on any atom is 0.0867 e. The van der Waals surface area contributed by atoms with Crippen LogP contribution in [0.15, 0.2) is 0 Å². The van der Waals surface area contributed by atoms with Gasteiger partial charge in [0.05, 0.1) is 11.4 Å². The molecule has 0 bridgehead atoms. The highest BCUT2D eigenvalue weighted by atomic mass is 15.4. The van der Waals surface area contributed by atoms with Crippen LogP contribution in [0.2, 0.25) is 0 Å². The van der Waals surface area contributed by atoms with Gasteiger partial charge in [0, 0.05) is 11.5 Å². The zero-order valence-electron chi connectivity index (χ0n) is 11.7. The highest BCUT2D eigenvalue weighted by Gasteiger charge is 2.26. The quantitative estimate of drug-likeness (QED) is 0.786. The van der Waals surface area contributed by atoms with Gasteiger partial charge in [0.1, 0.15) is 0 Å². The number of hydrogen-bond donors (Lipinski definition) is 0. The first-order valence-electron chi connectivity index (χ1n) is 6.18. The van der Waals surface area contributed by atoms with Crippen LogP contribution in [0.25, 0.3) is 0 Å². The Morgan fingerprint density at radius 1 is 1.12 bits per heavy atom. The van der Waals surface area contributed by atoms with Crippen LogP contribution in [-0.4, -0.2) is 15.0 Å². The van der Waals surface area contributed by atoms with Crippen molar-refractivity contribution in [1.29, 1.82) is 0 Å². The number of rotatable bonds is 3.